The molecule has 2 aliphatic rings. The molecular formula is C17H29N. The van der Waals surface area contributed by atoms with Gasteiger partial charge < -0.3 is 4.90 Å². The molecule has 0 aromatic rings. The molecule has 2 atom stereocenters. The molecule has 0 amide bonds. The zero-order valence-electron chi connectivity index (χ0n) is 12.6. The van der Waals surface area contributed by atoms with Crippen molar-refractivity contribution in [2.45, 2.75) is 65.8 Å². The van der Waals surface area contributed by atoms with E-state index >= 15 is 0 Å². The molecular weight excluding hydrogens is 218 g/mol. The van der Waals surface area contributed by atoms with Gasteiger partial charge >= 0.3 is 0 Å². The molecule has 0 aromatic carbocycles. The maximum atomic E-state index is 4.01. The summed E-state index contributed by atoms with van der Waals surface area (Å²) in [6.45, 7) is 14.9. The van der Waals surface area contributed by atoms with Crippen LogP contribution in [0.15, 0.2) is 23.9 Å². The smallest absolute Gasteiger partial charge is 0.0505 e. The molecule has 2 rings (SSSR count). The van der Waals surface area contributed by atoms with Crippen LogP contribution >= 0.6 is 0 Å². The van der Waals surface area contributed by atoms with Crippen molar-refractivity contribution in [3.63, 3.8) is 0 Å². The Hall–Kier alpha value is -0.720. The number of allylic oxidation sites excluding steroid dienone is 1. The van der Waals surface area contributed by atoms with E-state index in [9.17, 15) is 0 Å². The highest BCUT2D eigenvalue weighted by molar-refractivity contribution is 5.31. The van der Waals surface area contributed by atoms with Crippen LogP contribution in [0.25, 0.3) is 0 Å². The van der Waals surface area contributed by atoms with E-state index in [1.165, 1.54) is 38.6 Å². The van der Waals surface area contributed by atoms with Crippen LogP contribution in [-0.4, -0.2) is 17.5 Å². The SMILES string of the molecule is C=CN1CCCC1C1=C(CC)CCC(C)C1(C)C. The topological polar surface area (TPSA) is 3.24 Å². The fourth-order valence-corrected chi connectivity index (χ4v) is 3.96. The number of likely N-dealkylation sites (tertiary alicyclic amines) is 1. The Bertz CT molecular complexity index is 351. The van der Waals surface area contributed by atoms with Crippen LogP contribution in [-0.2, 0) is 0 Å². The summed E-state index contributed by atoms with van der Waals surface area (Å²) < 4.78 is 0. The Morgan fingerprint density at radius 2 is 2.11 bits per heavy atom. The lowest BCUT2D eigenvalue weighted by atomic mass is 9.63. The molecule has 18 heavy (non-hydrogen) atoms. The average molecular weight is 247 g/mol. The minimum absolute atomic E-state index is 0.361. The van der Waals surface area contributed by atoms with Gasteiger partial charge in [-0.15, -0.1) is 0 Å². The molecule has 2 unspecified atom stereocenters. The van der Waals surface area contributed by atoms with Gasteiger partial charge in [0, 0.05) is 6.54 Å². The average Bonchev–Trinajstić information content (AvgIpc) is 2.79. The molecule has 1 heterocycles. The zero-order chi connectivity index (χ0) is 13.3. The van der Waals surface area contributed by atoms with Crippen molar-refractivity contribution in [1.29, 1.82) is 0 Å². The Kier molecular flexibility index (Phi) is 3.89. The first-order valence-corrected chi connectivity index (χ1v) is 7.63. The summed E-state index contributed by atoms with van der Waals surface area (Å²) in [5.74, 6) is 0.801. The molecule has 0 N–H and O–H groups in total. The van der Waals surface area contributed by atoms with Crippen molar-refractivity contribution in [3.8, 4) is 0 Å². The van der Waals surface area contributed by atoms with Crippen LogP contribution in [0, 0.1) is 11.3 Å². The van der Waals surface area contributed by atoms with Gasteiger partial charge in [-0.05, 0) is 55.2 Å². The molecule has 0 saturated carbocycles. The summed E-state index contributed by atoms with van der Waals surface area (Å²) in [6.07, 6.45) is 8.61. The monoisotopic (exact) mass is 247 g/mol. The van der Waals surface area contributed by atoms with E-state index < -0.39 is 0 Å². The lowest BCUT2D eigenvalue weighted by molar-refractivity contribution is 0.209. The van der Waals surface area contributed by atoms with E-state index in [0.29, 0.717) is 11.5 Å². The summed E-state index contributed by atoms with van der Waals surface area (Å²) in [6, 6.07) is 0.634. The zero-order valence-corrected chi connectivity index (χ0v) is 12.6. The third kappa shape index (κ3) is 2.13. The van der Waals surface area contributed by atoms with Crippen molar-refractivity contribution < 1.29 is 0 Å². The van der Waals surface area contributed by atoms with Crippen molar-refractivity contribution in [1.82, 2.24) is 4.90 Å². The van der Waals surface area contributed by atoms with Crippen molar-refractivity contribution in [2.75, 3.05) is 6.54 Å². The Balaban J connectivity index is 2.41. The van der Waals surface area contributed by atoms with E-state index in [1.807, 2.05) is 0 Å². The summed E-state index contributed by atoms with van der Waals surface area (Å²) in [7, 11) is 0. The Morgan fingerprint density at radius 1 is 1.39 bits per heavy atom. The fourth-order valence-electron chi connectivity index (χ4n) is 3.96. The van der Waals surface area contributed by atoms with Crippen molar-refractivity contribution >= 4 is 0 Å². The van der Waals surface area contributed by atoms with Gasteiger partial charge in [-0.3, -0.25) is 0 Å². The van der Waals surface area contributed by atoms with Gasteiger partial charge in [0.2, 0.25) is 0 Å². The molecule has 1 saturated heterocycles. The standard InChI is InChI=1S/C17H29N/c1-6-14-11-10-13(3)17(4,5)16(14)15-9-8-12-18(15)7-2/h7,13,15H,2,6,8-12H2,1,3-5H3. The summed E-state index contributed by atoms with van der Waals surface area (Å²) in [5, 5.41) is 0. The molecule has 1 heteroatoms. The van der Waals surface area contributed by atoms with E-state index in [4.69, 9.17) is 0 Å². The largest absolute Gasteiger partial charge is 0.371 e. The molecule has 102 valence electrons. The predicted octanol–water partition coefficient (Wildman–Crippen LogP) is 4.76. The first-order chi connectivity index (χ1) is 8.52. The van der Waals surface area contributed by atoms with Crippen LogP contribution < -0.4 is 0 Å². The van der Waals surface area contributed by atoms with Crippen molar-refractivity contribution in [2.24, 2.45) is 11.3 Å². The second-order valence-corrected chi connectivity index (χ2v) is 6.61. The highest BCUT2D eigenvalue weighted by atomic mass is 15.2. The molecule has 1 aliphatic carbocycles. The van der Waals surface area contributed by atoms with Gasteiger partial charge in [-0.25, -0.2) is 0 Å². The van der Waals surface area contributed by atoms with Crippen molar-refractivity contribution in [3.05, 3.63) is 23.9 Å². The van der Waals surface area contributed by atoms with Crippen LogP contribution in [0.4, 0.5) is 0 Å². The normalized spacial score (nSPS) is 31.9. The quantitative estimate of drug-likeness (QED) is 0.650. The fraction of sp³-hybridized carbons (Fsp3) is 0.765. The lowest BCUT2D eigenvalue weighted by Crippen LogP contribution is -2.39. The van der Waals surface area contributed by atoms with E-state index in [2.05, 4.69) is 45.4 Å². The van der Waals surface area contributed by atoms with Crippen LogP contribution in [0.2, 0.25) is 0 Å². The Labute approximate surface area is 113 Å². The van der Waals surface area contributed by atoms with Crippen LogP contribution in [0.5, 0.6) is 0 Å². The predicted molar refractivity (Wildman–Crippen MR) is 79.4 cm³/mol. The van der Waals surface area contributed by atoms with E-state index in [-0.39, 0.29) is 0 Å². The summed E-state index contributed by atoms with van der Waals surface area (Å²) in [4.78, 5) is 2.48. The highest BCUT2D eigenvalue weighted by Gasteiger charge is 2.41. The number of rotatable bonds is 3. The molecule has 0 aromatic heterocycles. The third-order valence-electron chi connectivity index (χ3n) is 5.47. The highest BCUT2D eigenvalue weighted by Crippen LogP contribution is 2.49. The molecule has 1 fully saturated rings. The molecule has 0 bridgehead atoms. The van der Waals surface area contributed by atoms with E-state index in [1.54, 1.807) is 11.1 Å². The lowest BCUT2D eigenvalue weighted by Gasteiger charge is -2.45. The molecule has 0 radical (unpaired) electrons. The second-order valence-electron chi connectivity index (χ2n) is 6.61. The molecule has 1 aliphatic heterocycles. The molecule has 0 spiro atoms. The van der Waals surface area contributed by atoms with Gasteiger partial charge in [0.15, 0.2) is 0 Å². The van der Waals surface area contributed by atoms with Gasteiger partial charge in [0.25, 0.3) is 0 Å². The number of hydrogen-bond donors (Lipinski definition) is 0. The van der Waals surface area contributed by atoms with Crippen LogP contribution in [0.1, 0.15) is 59.8 Å². The van der Waals surface area contributed by atoms with Gasteiger partial charge in [0.1, 0.15) is 0 Å². The maximum absolute atomic E-state index is 4.01. The summed E-state index contributed by atoms with van der Waals surface area (Å²) in [5.41, 5.74) is 3.85. The molecule has 1 nitrogen and oxygen atoms in total. The Morgan fingerprint density at radius 3 is 2.72 bits per heavy atom. The van der Waals surface area contributed by atoms with Gasteiger partial charge in [-0.2, -0.15) is 0 Å². The summed E-state index contributed by atoms with van der Waals surface area (Å²) >= 11 is 0. The van der Waals surface area contributed by atoms with Gasteiger partial charge in [-0.1, -0.05) is 39.8 Å². The van der Waals surface area contributed by atoms with E-state index in [0.717, 1.165) is 5.92 Å². The first-order valence-electron chi connectivity index (χ1n) is 7.63. The minimum Gasteiger partial charge on any atom is -0.371 e. The number of hydrogen-bond acceptors (Lipinski definition) is 1. The third-order valence-corrected chi connectivity index (χ3v) is 5.47. The maximum Gasteiger partial charge on any atom is 0.0505 e. The second kappa shape index (κ2) is 5.11. The number of nitrogens with zero attached hydrogens (tertiary/aromatic N) is 1. The first kappa shape index (κ1) is 13.7. The van der Waals surface area contributed by atoms with Gasteiger partial charge in [0.05, 0.1) is 6.04 Å². The minimum atomic E-state index is 0.361. The van der Waals surface area contributed by atoms with Crippen LogP contribution in [0.3, 0.4) is 0 Å².